The maximum Gasteiger partial charge on any atom is 0.136 e. The van der Waals surface area contributed by atoms with Gasteiger partial charge in [0.15, 0.2) is 0 Å². The molecule has 1 aliphatic rings. The van der Waals surface area contributed by atoms with Crippen molar-refractivity contribution < 1.29 is 9.59 Å². The average molecular weight is 323 g/mol. The number of Topliss-reactive ketones (excluding diaryl/α,β-unsaturated/α-hetero) is 2. The molecule has 0 radical (unpaired) electrons. The van der Waals surface area contributed by atoms with Crippen LogP contribution in [0.25, 0.3) is 0 Å². The number of carbonyl (C=O) groups is 2. The Labute approximate surface area is 143 Å². The fourth-order valence-corrected chi connectivity index (χ4v) is 3.50. The summed E-state index contributed by atoms with van der Waals surface area (Å²) in [6.45, 7) is 3.88. The molecule has 1 aliphatic carbocycles. The molecule has 0 saturated heterocycles. The van der Waals surface area contributed by atoms with Crippen molar-refractivity contribution in [1.29, 1.82) is 0 Å². The lowest BCUT2D eigenvalue weighted by Gasteiger charge is -2.03. The van der Waals surface area contributed by atoms with E-state index in [1.54, 1.807) is 6.92 Å². The van der Waals surface area contributed by atoms with Gasteiger partial charge in [0.1, 0.15) is 11.6 Å². The largest absolute Gasteiger partial charge is 0.300 e. The first kappa shape index (κ1) is 20.4. The minimum absolute atomic E-state index is 0.0736. The zero-order valence-electron chi connectivity index (χ0n) is 15.6. The van der Waals surface area contributed by atoms with Crippen LogP contribution in [0.4, 0.5) is 0 Å². The summed E-state index contributed by atoms with van der Waals surface area (Å²) in [6.07, 6.45) is 18.9. The number of hydrogen-bond donors (Lipinski definition) is 0. The van der Waals surface area contributed by atoms with E-state index in [0.717, 1.165) is 12.8 Å². The van der Waals surface area contributed by atoms with Crippen LogP contribution in [0, 0.1) is 11.8 Å². The van der Waals surface area contributed by atoms with E-state index in [1.165, 1.54) is 77.0 Å². The molecule has 0 amide bonds. The van der Waals surface area contributed by atoms with E-state index in [1.807, 2.05) is 0 Å². The fraction of sp³-hybridized carbons (Fsp3) is 0.905. The predicted molar refractivity (Wildman–Crippen MR) is 97.6 cm³/mol. The molecule has 0 bridgehead atoms. The van der Waals surface area contributed by atoms with Crippen molar-refractivity contribution in [2.45, 2.75) is 110 Å². The molecule has 1 saturated carbocycles. The number of ketones is 2. The quantitative estimate of drug-likeness (QED) is 0.314. The Morgan fingerprint density at radius 3 is 1.52 bits per heavy atom. The van der Waals surface area contributed by atoms with Crippen molar-refractivity contribution in [3.63, 3.8) is 0 Å². The molecule has 0 aromatic carbocycles. The SMILES string of the molecule is CCCCCCCCCCCCCCCC(=O)[C@H]1C[C@H]1C(C)=O. The van der Waals surface area contributed by atoms with Gasteiger partial charge < -0.3 is 0 Å². The molecule has 1 rings (SSSR count). The van der Waals surface area contributed by atoms with Crippen LogP contribution in [0.1, 0.15) is 110 Å². The van der Waals surface area contributed by atoms with Gasteiger partial charge in [-0.3, -0.25) is 9.59 Å². The Morgan fingerprint density at radius 1 is 0.696 bits per heavy atom. The highest BCUT2D eigenvalue weighted by Crippen LogP contribution is 2.40. The van der Waals surface area contributed by atoms with Crippen LogP contribution in [0.15, 0.2) is 0 Å². The van der Waals surface area contributed by atoms with E-state index >= 15 is 0 Å². The van der Waals surface area contributed by atoms with Crippen LogP contribution >= 0.6 is 0 Å². The summed E-state index contributed by atoms with van der Waals surface area (Å²) in [6, 6.07) is 0. The van der Waals surface area contributed by atoms with Crippen LogP contribution in [0.2, 0.25) is 0 Å². The maximum absolute atomic E-state index is 11.9. The first-order chi connectivity index (χ1) is 11.2. The van der Waals surface area contributed by atoms with Gasteiger partial charge in [-0.15, -0.1) is 0 Å². The number of carbonyl (C=O) groups excluding carboxylic acids is 2. The monoisotopic (exact) mass is 322 g/mol. The number of hydrogen-bond acceptors (Lipinski definition) is 2. The van der Waals surface area contributed by atoms with Crippen LogP contribution in [-0.4, -0.2) is 11.6 Å². The van der Waals surface area contributed by atoms with E-state index < -0.39 is 0 Å². The summed E-state index contributed by atoms with van der Waals surface area (Å²) < 4.78 is 0. The maximum atomic E-state index is 11.9. The van der Waals surface area contributed by atoms with Gasteiger partial charge in [-0.05, 0) is 19.8 Å². The molecule has 23 heavy (non-hydrogen) atoms. The van der Waals surface area contributed by atoms with Gasteiger partial charge in [0.2, 0.25) is 0 Å². The molecule has 2 heteroatoms. The fourth-order valence-electron chi connectivity index (χ4n) is 3.50. The topological polar surface area (TPSA) is 34.1 Å². The Hall–Kier alpha value is -0.660. The average Bonchev–Trinajstić information content (AvgIpc) is 3.32. The van der Waals surface area contributed by atoms with Gasteiger partial charge in [0, 0.05) is 18.3 Å². The molecular weight excluding hydrogens is 284 g/mol. The predicted octanol–water partition coefficient (Wildman–Crippen LogP) is 6.26. The Morgan fingerprint density at radius 2 is 1.13 bits per heavy atom. The lowest BCUT2D eigenvalue weighted by molar-refractivity contribution is -0.124. The van der Waals surface area contributed by atoms with Gasteiger partial charge in [-0.25, -0.2) is 0 Å². The molecule has 0 spiro atoms. The van der Waals surface area contributed by atoms with Gasteiger partial charge in [-0.2, -0.15) is 0 Å². The van der Waals surface area contributed by atoms with Gasteiger partial charge in [0.25, 0.3) is 0 Å². The molecule has 1 fully saturated rings. The van der Waals surface area contributed by atoms with Gasteiger partial charge in [-0.1, -0.05) is 84.0 Å². The molecule has 0 aromatic rings. The minimum atomic E-state index is 0.0736. The van der Waals surface area contributed by atoms with Crippen LogP contribution in [-0.2, 0) is 9.59 Å². The van der Waals surface area contributed by atoms with Crippen molar-refractivity contribution in [2.24, 2.45) is 11.8 Å². The van der Waals surface area contributed by atoms with Crippen molar-refractivity contribution in [2.75, 3.05) is 0 Å². The summed E-state index contributed by atoms with van der Waals surface area (Å²) >= 11 is 0. The van der Waals surface area contributed by atoms with Gasteiger partial charge in [0.05, 0.1) is 0 Å². The summed E-state index contributed by atoms with van der Waals surface area (Å²) in [7, 11) is 0. The molecule has 0 aliphatic heterocycles. The lowest BCUT2D eigenvalue weighted by Crippen LogP contribution is -2.05. The highest BCUT2D eigenvalue weighted by atomic mass is 16.1. The number of rotatable bonds is 16. The summed E-state index contributed by atoms with van der Waals surface area (Å²) in [5.74, 6) is 0.705. The standard InChI is InChI=1S/C21H38O2/c1-3-4-5-6-7-8-9-10-11-12-13-14-15-16-21(23)20-17-19(20)18(2)22/h19-20H,3-17H2,1-2H3/t19-,20-/m0/s1. The highest BCUT2D eigenvalue weighted by Gasteiger charge is 2.44. The highest BCUT2D eigenvalue weighted by molar-refractivity contribution is 5.93. The van der Waals surface area contributed by atoms with E-state index in [2.05, 4.69) is 6.92 Å². The van der Waals surface area contributed by atoms with Crippen molar-refractivity contribution >= 4 is 11.6 Å². The second-order valence-corrected chi connectivity index (χ2v) is 7.52. The Balaban J connectivity index is 1.77. The van der Waals surface area contributed by atoms with Gasteiger partial charge >= 0.3 is 0 Å². The molecule has 0 aromatic heterocycles. The first-order valence-electron chi connectivity index (χ1n) is 10.2. The van der Waals surface area contributed by atoms with Crippen molar-refractivity contribution in [1.82, 2.24) is 0 Å². The van der Waals surface area contributed by atoms with Crippen molar-refractivity contribution in [3.8, 4) is 0 Å². The number of unbranched alkanes of at least 4 members (excludes halogenated alkanes) is 12. The third-order valence-corrected chi connectivity index (χ3v) is 5.25. The third kappa shape index (κ3) is 9.94. The summed E-state index contributed by atoms with van der Waals surface area (Å²) in [5.41, 5.74) is 0. The van der Waals surface area contributed by atoms with E-state index in [4.69, 9.17) is 0 Å². The van der Waals surface area contributed by atoms with Crippen LogP contribution < -0.4 is 0 Å². The minimum Gasteiger partial charge on any atom is -0.300 e. The first-order valence-corrected chi connectivity index (χ1v) is 10.2. The molecular formula is C21H38O2. The lowest BCUT2D eigenvalue weighted by atomic mass is 10.0. The Kier molecular flexibility index (Phi) is 11.3. The summed E-state index contributed by atoms with van der Waals surface area (Å²) in [4.78, 5) is 23.0. The van der Waals surface area contributed by atoms with E-state index in [9.17, 15) is 9.59 Å². The molecule has 134 valence electrons. The molecule has 0 N–H and O–H groups in total. The molecule has 2 atom stereocenters. The molecule has 2 nitrogen and oxygen atoms in total. The zero-order valence-corrected chi connectivity index (χ0v) is 15.6. The van der Waals surface area contributed by atoms with E-state index in [-0.39, 0.29) is 17.6 Å². The second kappa shape index (κ2) is 12.7. The van der Waals surface area contributed by atoms with Crippen LogP contribution in [0.5, 0.6) is 0 Å². The smallest absolute Gasteiger partial charge is 0.136 e. The van der Waals surface area contributed by atoms with Crippen molar-refractivity contribution in [3.05, 3.63) is 0 Å². The summed E-state index contributed by atoms with van der Waals surface area (Å²) in [5, 5.41) is 0. The van der Waals surface area contributed by atoms with Crippen LogP contribution in [0.3, 0.4) is 0 Å². The normalized spacial score (nSPS) is 19.7. The Bertz CT molecular complexity index is 335. The molecule has 0 heterocycles. The third-order valence-electron chi connectivity index (χ3n) is 5.25. The van der Waals surface area contributed by atoms with E-state index in [0.29, 0.717) is 12.2 Å². The molecule has 0 unspecified atom stereocenters. The second-order valence-electron chi connectivity index (χ2n) is 7.52. The zero-order chi connectivity index (χ0) is 16.9.